The third kappa shape index (κ3) is 3.83. The molecule has 0 aliphatic carbocycles. The molecule has 134 valence electrons. The molecule has 26 heavy (non-hydrogen) atoms. The number of nitrogens with zero attached hydrogens (tertiary/aromatic N) is 2. The zero-order valence-corrected chi connectivity index (χ0v) is 13.7. The lowest BCUT2D eigenvalue weighted by molar-refractivity contribution is -0.394. The molecule has 0 spiro atoms. The molecule has 0 aliphatic heterocycles. The number of rotatable bonds is 8. The van der Waals surface area contributed by atoms with E-state index in [9.17, 15) is 25.0 Å². The van der Waals surface area contributed by atoms with E-state index in [1.54, 1.807) is 12.1 Å². The fourth-order valence-electron chi connectivity index (χ4n) is 2.28. The van der Waals surface area contributed by atoms with Gasteiger partial charge in [0.25, 0.3) is 5.69 Å². The van der Waals surface area contributed by atoms with E-state index in [0.717, 1.165) is 18.2 Å². The van der Waals surface area contributed by atoms with Gasteiger partial charge in [0, 0.05) is 17.2 Å². The summed E-state index contributed by atoms with van der Waals surface area (Å²) in [6.07, 6.45) is 2.52. The van der Waals surface area contributed by atoms with Crippen molar-refractivity contribution in [1.82, 2.24) is 0 Å². The van der Waals surface area contributed by atoms with Crippen LogP contribution < -0.4 is 9.47 Å². The molecule has 2 aromatic carbocycles. The van der Waals surface area contributed by atoms with E-state index in [4.69, 9.17) is 9.47 Å². The number of hydrogen-bond acceptors (Lipinski definition) is 7. The van der Waals surface area contributed by atoms with Gasteiger partial charge in [-0.2, -0.15) is 0 Å². The summed E-state index contributed by atoms with van der Waals surface area (Å²) in [6, 6.07) is 6.02. The largest absolute Gasteiger partial charge is 0.493 e. The molecule has 0 fully saturated rings. The number of allylic oxidation sites excluding steroid dienone is 1. The molecule has 9 nitrogen and oxygen atoms in total. The van der Waals surface area contributed by atoms with Gasteiger partial charge < -0.3 is 9.47 Å². The van der Waals surface area contributed by atoms with E-state index in [-0.39, 0.29) is 17.2 Å². The van der Waals surface area contributed by atoms with Crippen LogP contribution in [0.4, 0.5) is 11.4 Å². The molecule has 0 atom stereocenters. The van der Waals surface area contributed by atoms with Crippen LogP contribution in [0, 0.1) is 20.2 Å². The Bertz CT molecular complexity index is 893. The Kier molecular flexibility index (Phi) is 5.63. The molecule has 0 N–H and O–H groups in total. The third-order valence-electron chi connectivity index (χ3n) is 3.44. The minimum Gasteiger partial charge on any atom is -0.493 e. The molecule has 2 rings (SSSR count). The molecule has 0 bridgehead atoms. The second-order valence-electron chi connectivity index (χ2n) is 5.09. The Morgan fingerprint density at radius 3 is 2.38 bits per heavy atom. The summed E-state index contributed by atoms with van der Waals surface area (Å²) in [4.78, 5) is 31.7. The van der Waals surface area contributed by atoms with Crippen molar-refractivity contribution in [2.24, 2.45) is 0 Å². The first-order valence-electron chi connectivity index (χ1n) is 7.29. The average Bonchev–Trinajstić information content (AvgIpc) is 2.62. The van der Waals surface area contributed by atoms with Crippen LogP contribution in [0.1, 0.15) is 15.9 Å². The first-order chi connectivity index (χ1) is 12.4. The summed E-state index contributed by atoms with van der Waals surface area (Å²) in [5.74, 6) is 0.164. The van der Waals surface area contributed by atoms with E-state index in [0.29, 0.717) is 23.8 Å². The van der Waals surface area contributed by atoms with Crippen molar-refractivity contribution < 1.29 is 24.1 Å². The minimum absolute atomic E-state index is 0.162. The average molecular weight is 358 g/mol. The van der Waals surface area contributed by atoms with Gasteiger partial charge in [0.05, 0.1) is 23.0 Å². The first kappa shape index (κ1) is 18.6. The highest BCUT2D eigenvalue weighted by molar-refractivity contribution is 5.77. The third-order valence-corrected chi connectivity index (χ3v) is 3.44. The van der Waals surface area contributed by atoms with Crippen molar-refractivity contribution in [3.8, 4) is 17.2 Å². The van der Waals surface area contributed by atoms with Crippen LogP contribution >= 0.6 is 0 Å². The summed E-state index contributed by atoms with van der Waals surface area (Å²) in [7, 11) is 1.36. The Balaban J connectivity index is 2.60. The van der Waals surface area contributed by atoms with Crippen molar-refractivity contribution >= 4 is 17.7 Å². The molecule has 0 aliphatic rings. The summed E-state index contributed by atoms with van der Waals surface area (Å²) in [5.41, 5.74) is -0.137. The molecule has 0 radical (unpaired) electrons. The number of benzene rings is 2. The lowest BCUT2D eigenvalue weighted by Crippen LogP contribution is -2.00. The van der Waals surface area contributed by atoms with E-state index in [1.807, 2.05) is 0 Å². The van der Waals surface area contributed by atoms with Crippen LogP contribution in [0.5, 0.6) is 17.2 Å². The molecule has 0 unspecified atom stereocenters. The monoisotopic (exact) mass is 358 g/mol. The number of non-ortho nitro benzene ring substituents is 1. The highest BCUT2D eigenvalue weighted by Crippen LogP contribution is 2.40. The SMILES string of the molecule is C=CCc1cc(C=O)cc(OC)c1Oc1ccc([N+](=O)[O-])cc1[N+](=O)[O-]. The van der Waals surface area contributed by atoms with E-state index < -0.39 is 21.2 Å². The fraction of sp³-hybridized carbons (Fsp3) is 0.118. The topological polar surface area (TPSA) is 122 Å². The number of hydrogen-bond donors (Lipinski definition) is 0. The van der Waals surface area contributed by atoms with Gasteiger partial charge in [-0.3, -0.25) is 25.0 Å². The molecule has 0 aromatic heterocycles. The van der Waals surface area contributed by atoms with Crippen LogP contribution in [0.25, 0.3) is 0 Å². The molecule has 0 saturated heterocycles. The number of ether oxygens (including phenoxy) is 2. The maximum absolute atomic E-state index is 11.3. The molecule has 9 heteroatoms. The van der Waals surface area contributed by atoms with Gasteiger partial charge in [0.15, 0.2) is 11.5 Å². The van der Waals surface area contributed by atoms with Gasteiger partial charge in [-0.25, -0.2) is 0 Å². The number of nitro groups is 2. The molecule has 0 saturated carbocycles. The summed E-state index contributed by atoms with van der Waals surface area (Å²) in [6.45, 7) is 3.62. The molecule has 0 heterocycles. The van der Waals surface area contributed by atoms with Gasteiger partial charge in [-0.15, -0.1) is 6.58 Å². The quantitative estimate of drug-likeness (QED) is 0.304. The standard InChI is InChI=1S/C17H14N2O7/c1-3-4-12-7-11(10-20)8-16(25-2)17(12)26-15-6-5-13(18(21)22)9-14(15)19(23)24/h3,5-10H,1,4H2,2H3. The van der Waals surface area contributed by atoms with E-state index >= 15 is 0 Å². The number of nitro benzene ring substituents is 2. The lowest BCUT2D eigenvalue weighted by Gasteiger charge is -2.15. The van der Waals surface area contributed by atoms with Gasteiger partial charge in [-0.05, 0) is 24.6 Å². The Morgan fingerprint density at radius 2 is 1.85 bits per heavy atom. The van der Waals surface area contributed by atoms with Crippen LogP contribution in [-0.2, 0) is 6.42 Å². The molecular weight excluding hydrogens is 344 g/mol. The second kappa shape index (κ2) is 7.88. The van der Waals surface area contributed by atoms with Crippen molar-refractivity contribution in [2.75, 3.05) is 7.11 Å². The molecule has 0 amide bonds. The van der Waals surface area contributed by atoms with Crippen LogP contribution in [0.2, 0.25) is 0 Å². The highest BCUT2D eigenvalue weighted by Gasteiger charge is 2.23. The Morgan fingerprint density at radius 1 is 1.12 bits per heavy atom. The molecule has 2 aromatic rings. The van der Waals surface area contributed by atoms with Gasteiger partial charge >= 0.3 is 5.69 Å². The van der Waals surface area contributed by atoms with E-state index in [1.165, 1.54) is 13.2 Å². The normalized spacial score (nSPS) is 10.0. The van der Waals surface area contributed by atoms with Crippen molar-refractivity contribution in [1.29, 1.82) is 0 Å². The Hall–Kier alpha value is -3.75. The predicted octanol–water partition coefficient (Wildman–Crippen LogP) is 3.84. The summed E-state index contributed by atoms with van der Waals surface area (Å²) >= 11 is 0. The van der Waals surface area contributed by atoms with Crippen LogP contribution in [0.3, 0.4) is 0 Å². The zero-order valence-electron chi connectivity index (χ0n) is 13.7. The fourth-order valence-corrected chi connectivity index (χ4v) is 2.28. The molecular formula is C17H14N2O7. The number of methoxy groups -OCH3 is 1. The van der Waals surface area contributed by atoms with Gasteiger partial charge in [-0.1, -0.05) is 6.08 Å². The predicted molar refractivity (Wildman–Crippen MR) is 92.1 cm³/mol. The zero-order chi connectivity index (χ0) is 19.3. The smallest absolute Gasteiger partial charge is 0.318 e. The highest BCUT2D eigenvalue weighted by atomic mass is 16.6. The van der Waals surface area contributed by atoms with Crippen LogP contribution in [0.15, 0.2) is 43.0 Å². The lowest BCUT2D eigenvalue weighted by atomic mass is 10.1. The summed E-state index contributed by atoms with van der Waals surface area (Å²) < 4.78 is 10.9. The maximum atomic E-state index is 11.3. The second-order valence-corrected chi connectivity index (χ2v) is 5.09. The maximum Gasteiger partial charge on any atom is 0.318 e. The number of carbonyl (C=O) groups excluding carboxylic acids is 1. The Labute approximate surface area is 147 Å². The minimum atomic E-state index is -0.776. The first-order valence-corrected chi connectivity index (χ1v) is 7.29. The van der Waals surface area contributed by atoms with Crippen molar-refractivity contribution in [3.05, 3.63) is 74.3 Å². The summed E-state index contributed by atoms with van der Waals surface area (Å²) in [5, 5.41) is 22.1. The van der Waals surface area contributed by atoms with Gasteiger partial charge in [0.1, 0.15) is 6.29 Å². The number of carbonyl (C=O) groups is 1. The van der Waals surface area contributed by atoms with Crippen molar-refractivity contribution in [3.63, 3.8) is 0 Å². The van der Waals surface area contributed by atoms with Gasteiger partial charge in [0.2, 0.25) is 5.75 Å². The van der Waals surface area contributed by atoms with E-state index in [2.05, 4.69) is 6.58 Å². The van der Waals surface area contributed by atoms with Crippen molar-refractivity contribution in [2.45, 2.75) is 6.42 Å². The number of aldehydes is 1. The van der Waals surface area contributed by atoms with Crippen LogP contribution in [-0.4, -0.2) is 23.2 Å².